The van der Waals surface area contributed by atoms with E-state index in [-0.39, 0.29) is 11.6 Å². The SMILES string of the molecule is CC1(C(Cc2nc(-c3ccccc3)cs2)NN)CCCO1. The first-order valence-corrected chi connectivity index (χ1v) is 8.19. The molecule has 0 saturated carbocycles. The molecule has 0 radical (unpaired) electrons. The standard InChI is InChI=1S/C16H21N3OS/c1-16(8-5-9-20-16)14(19-17)10-15-18-13(11-21-15)12-6-3-2-4-7-12/h2-4,6-7,11,14,19H,5,8-10,17H2,1H3. The van der Waals surface area contributed by atoms with Crippen LogP contribution in [-0.4, -0.2) is 23.2 Å². The molecule has 0 amide bonds. The van der Waals surface area contributed by atoms with E-state index in [9.17, 15) is 0 Å². The summed E-state index contributed by atoms with van der Waals surface area (Å²) in [5.41, 5.74) is 4.92. The summed E-state index contributed by atoms with van der Waals surface area (Å²) in [5, 5.41) is 3.20. The van der Waals surface area contributed by atoms with Crippen LogP contribution in [-0.2, 0) is 11.2 Å². The van der Waals surface area contributed by atoms with Crippen LogP contribution in [0, 0.1) is 0 Å². The number of hydrazine groups is 1. The summed E-state index contributed by atoms with van der Waals surface area (Å²) in [6.07, 6.45) is 2.94. The zero-order valence-electron chi connectivity index (χ0n) is 12.2. The molecule has 2 unspecified atom stereocenters. The highest BCUT2D eigenvalue weighted by Crippen LogP contribution is 2.31. The summed E-state index contributed by atoms with van der Waals surface area (Å²) < 4.78 is 5.89. The number of hydrogen-bond donors (Lipinski definition) is 2. The fourth-order valence-electron chi connectivity index (χ4n) is 2.85. The molecule has 2 atom stereocenters. The Kier molecular flexibility index (Phi) is 4.35. The van der Waals surface area contributed by atoms with Crippen LogP contribution in [0.25, 0.3) is 11.3 Å². The normalized spacial score (nSPS) is 23.3. The number of nitrogens with two attached hydrogens (primary N) is 1. The quantitative estimate of drug-likeness (QED) is 0.658. The van der Waals surface area contributed by atoms with E-state index in [1.165, 1.54) is 0 Å². The van der Waals surface area contributed by atoms with Gasteiger partial charge in [-0.05, 0) is 19.8 Å². The molecule has 5 heteroatoms. The number of aromatic nitrogens is 1. The van der Waals surface area contributed by atoms with Gasteiger partial charge in [0.05, 0.1) is 22.3 Å². The lowest BCUT2D eigenvalue weighted by Gasteiger charge is -2.32. The number of nitrogens with one attached hydrogen (secondary N) is 1. The molecule has 21 heavy (non-hydrogen) atoms. The number of benzene rings is 1. The molecule has 1 saturated heterocycles. The smallest absolute Gasteiger partial charge is 0.0949 e. The first-order valence-electron chi connectivity index (χ1n) is 7.31. The highest BCUT2D eigenvalue weighted by atomic mass is 32.1. The van der Waals surface area contributed by atoms with Crippen LogP contribution in [0.15, 0.2) is 35.7 Å². The minimum absolute atomic E-state index is 0.0924. The van der Waals surface area contributed by atoms with Gasteiger partial charge in [-0.1, -0.05) is 30.3 Å². The Labute approximate surface area is 129 Å². The van der Waals surface area contributed by atoms with E-state index < -0.39 is 0 Å². The monoisotopic (exact) mass is 303 g/mol. The molecule has 1 aliphatic rings. The van der Waals surface area contributed by atoms with Crippen molar-refractivity contribution in [2.75, 3.05) is 6.61 Å². The number of thiazole rings is 1. The fourth-order valence-corrected chi connectivity index (χ4v) is 3.70. The highest BCUT2D eigenvalue weighted by molar-refractivity contribution is 7.09. The molecule has 2 heterocycles. The molecule has 1 aromatic carbocycles. The van der Waals surface area contributed by atoms with Crippen molar-refractivity contribution in [1.82, 2.24) is 10.4 Å². The third kappa shape index (κ3) is 3.16. The topological polar surface area (TPSA) is 60.2 Å². The van der Waals surface area contributed by atoms with Crippen LogP contribution in [0.3, 0.4) is 0 Å². The zero-order chi connectivity index (χ0) is 14.7. The van der Waals surface area contributed by atoms with Crippen molar-refractivity contribution in [2.45, 2.75) is 37.8 Å². The zero-order valence-corrected chi connectivity index (χ0v) is 13.0. The third-order valence-corrected chi connectivity index (χ3v) is 5.06. The van der Waals surface area contributed by atoms with Crippen LogP contribution in [0.5, 0.6) is 0 Å². The van der Waals surface area contributed by atoms with Crippen molar-refractivity contribution in [3.05, 3.63) is 40.7 Å². The first kappa shape index (κ1) is 14.7. The van der Waals surface area contributed by atoms with Gasteiger partial charge in [0, 0.05) is 24.0 Å². The molecule has 1 aliphatic heterocycles. The maximum Gasteiger partial charge on any atom is 0.0949 e. The number of ether oxygens (including phenoxy) is 1. The third-order valence-electron chi connectivity index (χ3n) is 4.19. The number of nitrogens with zero attached hydrogens (tertiary/aromatic N) is 1. The van der Waals surface area contributed by atoms with E-state index in [0.717, 1.165) is 42.1 Å². The highest BCUT2D eigenvalue weighted by Gasteiger charge is 2.38. The maximum atomic E-state index is 5.89. The predicted octanol–water partition coefficient (Wildman–Crippen LogP) is 2.75. The lowest BCUT2D eigenvalue weighted by atomic mass is 9.91. The van der Waals surface area contributed by atoms with Gasteiger partial charge in [0.25, 0.3) is 0 Å². The summed E-state index contributed by atoms with van der Waals surface area (Å²) in [6, 6.07) is 10.3. The predicted molar refractivity (Wildman–Crippen MR) is 86.0 cm³/mol. The van der Waals surface area contributed by atoms with Crippen LogP contribution in [0.4, 0.5) is 0 Å². The van der Waals surface area contributed by atoms with Gasteiger partial charge in [0.2, 0.25) is 0 Å². The molecular formula is C16H21N3OS. The summed E-state index contributed by atoms with van der Waals surface area (Å²) in [4.78, 5) is 4.74. The number of rotatable bonds is 5. The van der Waals surface area contributed by atoms with Gasteiger partial charge in [-0.25, -0.2) is 4.98 Å². The van der Waals surface area contributed by atoms with Crippen molar-refractivity contribution < 1.29 is 4.74 Å². The van der Waals surface area contributed by atoms with E-state index >= 15 is 0 Å². The van der Waals surface area contributed by atoms with Gasteiger partial charge in [0.1, 0.15) is 0 Å². The molecule has 1 fully saturated rings. The summed E-state index contributed by atoms with van der Waals surface area (Å²) >= 11 is 1.68. The Morgan fingerprint density at radius 1 is 1.43 bits per heavy atom. The molecule has 2 aromatic rings. The maximum absolute atomic E-state index is 5.89. The van der Waals surface area contributed by atoms with Gasteiger partial charge >= 0.3 is 0 Å². The van der Waals surface area contributed by atoms with Crippen molar-refractivity contribution in [2.24, 2.45) is 5.84 Å². The van der Waals surface area contributed by atoms with E-state index in [4.69, 9.17) is 15.6 Å². The van der Waals surface area contributed by atoms with Crippen LogP contribution >= 0.6 is 11.3 Å². The van der Waals surface area contributed by atoms with Gasteiger partial charge in [-0.15, -0.1) is 11.3 Å². The van der Waals surface area contributed by atoms with Crippen molar-refractivity contribution >= 4 is 11.3 Å². The van der Waals surface area contributed by atoms with E-state index in [1.54, 1.807) is 11.3 Å². The van der Waals surface area contributed by atoms with Crippen LogP contribution < -0.4 is 11.3 Å². The largest absolute Gasteiger partial charge is 0.374 e. The van der Waals surface area contributed by atoms with Gasteiger partial charge in [-0.2, -0.15) is 0 Å². The average Bonchev–Trinajstić information content (AvgIpc) is 3.15. The second-order valence-electron chi connectivity index (χ2n) is 5.68. The van der Waals surface area contributed by atoms with Gasteiger partial charge in [0.15, 0.2) is 0 Å². The minimum Gasteiger partial charge on any atom is -0.374 e. The Bertz CT molecular complexity index is 578. The first-order chi connectivity index (χ1) is 10.2. The van der Waals surface area contributed by atoms with Gasteiger partial charge in [-0.3, -0.25) is 11.3 Å². The molecule has 3 N–H and O–H groups in total. The second-order valence-corrected chi connectivity index (χ2v) is 6.62. The molecule has 3 rings (SSSR count). The number of hydrogen-bond acceptors (Lipinski definition) is 5. The molecule has 0 aliphatic carbocycles. The van der Waals surface area contributed by atoms with Crippen molar-refractivity contribution in [1.29, 1.82) is 0 Å². The molecule has 1 aromatic heterocycles. The lowest BCUT2D eigenvalue weighted by molar-refractivity contribution is -0.0115. The summed E-state index contributed by atoms with van der Waals surface area (Å²) in [6.45, 7) is 2.96. The molecule has 4 nitrogen and oxygen atoms in total. The second kappa shape index (κ2) is 6.23. The molecule has 0 spiro atoms. The van der Waals surface area contributed by atoms with Crippen molar-refractivity contribution in [3.63, 3.8) is 0 Å². The molecule has 112 valence electrons. The molecular weight excluding hydrogens is 282 g/mol. The average molecular weight is 303 g/mol. The molecule has 0 bridgehead atoms. The Morgan fingerprint density at radius 2 is 2.24 bits per heavy atom. The summed E-state index contributed by atoms with van der Waals surface area (Å²) in [5.74, 6) is 5.75. The Hall–Kier alpha value is -1.27. The van der Waals surface area contributed by atoms with E-state index in [0.29, 0.717) is 0 Å². The van der Waals surface area contributed by atoms with E-state index in [1.807, 2.05) is 18.2 Å². The lowest BCUT2D eigenvalue weighted by Crippen LogP contribution is -2.52. The fraction of sp³-hybridized carbons (Fsp3) is 0.438. The minimum atomic E-state index is -0.187. The van der Waals surface area contributed by atoms with Crippen LogP contribution in [0.2, 0.25) is 0 Å². The van der Waals surface area contributed by atoms with Gasteiger partial charge < -0.3 is 4.74 Å². The Balaban J connectivity index is 1.74. The summed E-state index contributed by atoms with van der Waals surface area (Å²) in [7, 11) is 0. The Morgan fingerprint density at radius 3 is 2.90 bits per heavy atom. The van der Waals surface area contributed by atoms with Crippen molar-refractivity contribution in [3.8, 4) is 11.3 Å². The van der Waals surface area contributed by atoms with Crippen LogP contribution in [0.1, 0.15) is 24.8 Å². The van der Waals surface area contributed by atoms with E-state index in [2.05, 4.69) is 29.9 Å².